The van der Waals surface area contributed by atoms with Crippen LogP contribution in [0.3, 0.4) is 0 Å². The van der Waals surface area contributed by atoms with Crippen LogP contribution in [0.2, 0.25) is 0 Å². The summed E-state index contributed by atoms with van der Waals surface area (Å²) < 4.78 is 28.4. The maximum absolute atomic E-state index is 11.9. The summed E-state index contributed by atoms with van der Waals surface area (Å²) in [7, 11) is -0.198. The second kappa shape index (κ2) is 4.03. The SMILES string of the molecule is COC(=O)c1ccc2c(c1)S(=O)(=O)CCN2C. The Labute approximate surface area is 99.9 Å². The normalized spacial score (nSPS) is 17.4. The number of carbonyl (C=O) groups excluding carboxylic acids is 1. The van der Waals surface area contributed by atoms with Crippen molar-refractivity contribution >= 4 is 21.5 Å². The molecule has 2 rings (SSSR count). The molecule has 0 unspecified atom stereocenters. The number of rotatable bonds is 1. The lowest BCUT2D eigenvalue weighted by molar-refractivity contribution is 0.0600. The highest BCUT2D eigenvalue weighted by molar-refractivity contribution is 7.91. The van der Waals surface area contributed by atoms with Gasteiger partial charge in [0.05, 0.1) is 29.0 Å². The van der Waals surface area contributed by atoms with Crippen LogP contribution in [-0.2, 0) is 14.6 Å². The van der Waals surface area contributed by atoms with E-state index in [1.807, 2.05) is 11.9 Å². The van der Waals surface area contributed by atoms with Crippen LogP contribution >= 0.6 is 0 Å². The number of nitrogens with zero attached hydrogens (tertiary/aromatic N) is 1. The summed E-state index contributed by atoms with van der Waals surface area (Å²) in [5.41, 5.74) is 0.883. The van der Waals surface area contributed by atoms with Crippen LogP contribution in [-0.4, -0.2) is 40.8 Å². The Morgan fingerprint density at radius 1 is 1.41 bits per heavy atom. The number of esters is 1. The fourth-order valence-corrected chi connectivity index (χ4v) is 3.39. The van der Waals surface area contributed by atoms with Crippen molar-refractivity contribution in [2.75, 3.05) is 31.4 Å². The van der Waals surface area contributed by atoms with Crippen molar-refractivity contribution in [3.05, 3.63) is 23.8 Å². The summed E-state index contributed by atoms with van der Waals surface area (Å²) in [6.07, 6.45) is 0. The number of hydrogen-bond donors (Lipinski definition) is 0. The summed E-state index contributed by atoms with van der Waals surface area (Å²) in [4.78, 5) is 13.4. The predicted octanol–water partition coefficient (Wildman–Crippen LogP) is 0.697. The first-order chi connectivity index (χ1) is 7.95. The average molecular weight is 255 g/mol. The fourth-order valence-electron chi connectivity index (χ4n) is 1.81. The van der Waals surface area contributed by atoms with Gasteiger partial charge in [-0.3, -0.25) is 0 Å². The van der Waals surface area contributed by atoms with Crippen molar-refractivity contribution < 1.29 is 17.9 Å². The molecule has 5 nitrogen and oxygen atoms in total. The van der Waals surface area contributed by atoms with Crippen LogP contribution in [0, 0.1) is 0 Å². The molecule has 0 spiro atoms. The van der Waals surface area contributed by atoms with Gasteiger partial charge in [0, 0.05) is 13.6 Å². The molecule has 1 heterocycles. The number of sulfone groups is 1. The highest BCUT2D eigenvalue weighted by atomic mass is 32.2. The lowest BCUT2D eigenvalue weighted by Crippen LogP contribution is -2.32. The third-order valence-corrected chi connectivity index (χ3v) is 4.54. The smallest absolute Gasteiger partial charge is 0.337 e. The summed E-state index contributed by atoms with van der Waals surface area (Å²) >= 11 is 0. The number of fused-ring (bicyclic) bond motifs is 1. The molecule has 17 heavy (non-hydrogen) atoms. The maximum Gasteiger partial charge on any atom is 0.337 e. The molecule has 0 bridgehead atoms. The molecular weight excluding hydrogens is 242 g/mol. The molecule has 0 atom stereocenters. The molecular formula is C11H13NO4S. The molecule has 0 fully saturated rings. The van der Waals surface area contributed by atoms with Crippen LogP contribution in [0.25, 0.3) is 0 Å². The van der Waals surface area contributed by atoms with Gasteiger partial charge in [-0.25, -0.2) is 13.2 Å². The average Bonchev–Trinajstić information content (AvgIpc) is 2.33. The molecule has 0 radical (unpaired) electrons. The van der Waals surface area contributed by atoms with Gasteiger partial charge in [0.1, 0.15) is 0 Å². The Kier molecular flexibility index (Phi) is 2.82. The van der Waals surface area contributed by atoms with Gasteiger partial charge in [-0.15, -0.1) is 0 Å². The van der Waals surface area contributed by atoms with Crippen LogP contribution in [0.4, 0.5) is 5.69 Å². The van der Waals surface area contributed by atoms with E-state index in [2.05, 4.69) is 4.74 Å². The molecule has 0 N–H and O–H groups in total. The standard InChI is InChI=1S/C11H13NO4S/c1-12-5-6-17(14,15)10-7-8(11(13)16-2)3-4-9(10)12/h3-4,7H,5-6H2,1-2H3. The summed E-state index contributed by atoms with van der Waals surface area (Å²) in [5, 5.41) is 0. The molecule has 0 aliphatic carbocycles. The topological polar surface area (TPSA) is 63.7 Å². The monoisotopic (exact) mass is 255 g/mol. The Hall–Kier alpha value is -1.56. The number of ether oxygens (including phenoxy) is 1. The number of anilines is 1. The third-order valence-electron chi connectivity index (χ3n) is 2.82. The molecule has 6 heteroatoms. The Morgan fingerprint density at radius 3 is 2.76 bits per heavy atom. The van der Waals surface area contributed by atoms with E-state index in [1.165, 1.54) is 13.2 Å². The highest BCUT2D eigenvalue weighted by Gasteiger charge is 2.27. The van der Waals surface area contributed by atoms with E-state index < -0.39 is 15.8 Å². The van der Waals surface area contributed by atoms with Gasteiger partial charge >= 0.3 is 5.97 Å². The van der Waals surface area contributed by atoms with Crippen LogP contribution in [0.15, 0.2) is 23.1 Å². The van der Waals surface area contributed by atoms with Gasteiger partial charge in [-0.1, -0.05) is 0 Å². The number of hydrogen-bond acceptors (Lipinski definition) is 5. The zero-order valence-corrected chi connectivity index (χ0v) is 10.5. The summed E-state index contributed by atoms with van der Waals surface area (Å²) in [6, 6.07) is 4.59. The minimum Gasteiger partial charge on any atom is -0.465 e. The first-order valence-corrected chi connectivity index (χ1v) is 6.77. The number of methoxy groups -OCH3 is 1. The second-order valence-electron chi connectivity index (χ2n) is 3.91. The molecule has 1 aromatic rings. The van der Waals surface area contributed by atoms with Crippen molar-refractivity contribution in [1.29, 1.82) is 0 Å². The van der Waals surface area contributed by atoms with Gasteiger partial charge in [-0.05, 0) is 18.2 Å². The molecule has 1 aliphatic heterocycles. The number of benzene rings is 1. The van der Waals surface area contributed by atoms with Crippen molar-refractivity contribution in [3.63, 3.8) is 0 Å². The first-order valence-electron chi connectivity index (χ1n) is 5.12. The number of carbonyl (C=O) groups is 1. The van der Waals surface area contributed by atoms with E-state index in [-0.39, 0.29) is 16.2 Å². The van der Waals surface area contributed by atoms with Crippen molar-refractivity contribution in [2.24, 2.45) is 0 Å². The van der Waals surface area contributed by atoms with Crippen LogP contribution in [0.1, 0.15) is 10.4 Å². The van der Waals surface area contributed by atoms with E-state index >= 15 is 0 Å². The van der Waals surface area contributed by atoms with Crippen LogP contribution < -0.4 is 4.90 Å². The van der Waals surface area contributed by atoms with Crippen molar-refractivity contribution in [3.8, 4) is 0 Å². The minimum atomic E-state index is -3.29. The minimum absolute atomic E-state index is 0.0706. The van der Waals surface area contributed by atoms with E-state index in [0.717, 1.165) is 0 Å². The second-order valence-corrected chi connectivity index (χ2v) is 5.99. The Bertz CT molecular complexity index is 565. The van der Waals surface area contributed by atoms with Gasteiger partial charge in [0.2, 0.25) is 0 Å². The molecule has 0 saturated heterocycles. The van der Waals surface area contributed by atoms with Gasteiger partial charge in [-0.2, -0.15) is 0 Å². The molecule has 0 saturated carbocycles. The Morgan fingerprint density at radius 2 is 2.12 bits per heavy atom. The van der Waals surface area contributed by atoms with E-state index in [0.29, 0.717) is 12.2 Å². The van der Waals surface area contributed by atoms with Gasteiger partial charge < -0.3 is 9.64 Å². The van der Waals surface area contributed by atoms with Crippen molar-refractivity contribution in [2.45, 2.75) is 4.90 Å². The van der Waals surface area contributed by atoms with Crippen molar-refractivity contribution in [1.82, 2.24) is 0 Å². The van der Waals surface area contributed by atoms with Gasteiger partial charge in [0.25, 0.3) is 0 Å². The highest BCUT2D eigenvalue weighted by Crippen LogP contribution is 2.30. The molecule has 0 amide bonds. The lowest BCUT2D eigenvalue weighted by atomic mass is 10.2. The molecule has 0 aromatic heterocycles. The van der Waals surface area contributed by atoms with E-state index in [9.17, 15) is 13.2 Å². The first kappa shape index (κ1) is 11.9. The van der Waals surface area contributed by atoms with Gasteiger partial charge in [0.15, 0.2) is 9.84 Å². The van der Waals surface area contributed by atoms with Crippen LogP contribution in [0.5, 0.6) is 0 Å². The zero-order chi connectivity index (χ0) is 12.6. The largest absolute Gasteiger partial charge is 0.465 e. The summed E-state index contributed by atoms with van der Waals surface area (Å²) in [6.45, 7) is 0.465. The fraction of sp³-hybridized carbons (Fsp3) is 0.364. The predicted molar refractivity (Wildman–Crippen MR) is 63.1 cm³/mol. The molecule has 92 valence electrons. The molecule has 1 aliphatic rings. The van der Waals surface area contributed by atoms with E-state index in [4.69, 9.17) is 0 Å². The summed E-state index contributed by atoms with van der Waals surface area (Å²) in [5.74, 6) is -0.461. The van der Waals surface area contributed by atoms with E-state index in [1.54, 1.807) is 12.1 Å². The molecule has 1 aromatic carbocycles. The lowest BCUT2D eigenvalue weighted by Gasteiger charge is -2.27. The third kappa shape index (κ3) is 2.00. The Balaban J connectivity index is 2.60. The maximum atomic E-state index is 11.9. The quantitative estimate of drug-likeness (QED) is 0.691. The zero-order valence-electron chi connectivity index (χ0n) is 9.63.